The van der Waals surface area contributed by atoms with Crippen molar-refractivity contribution in [3.8, 4) is 0 Å². The molecule has 112 valence electrons. The van der Waals surface area contributed by atoms with E-state index in [2.05, 4.69) is 33.6 Å². The number of fused-ring (bicyclic) bond motifs is 1. The Morgan fingerprint density at radius 1 is 1.48 bits per heavy atom. The summed E-state index contributed by atoms with van der Waals surface area (Å²) in [5.41, 5.74) is 2.56. The minimum absolute atomic E-state index is 0.754. The molecule has 2 aromatic heterocycles. The van der Waals surface area contributed by atoms with Gasteiger partial charge in [-0.2, -0.15) is 0 Å². The van der Waals surface area contributed by atoms with E-state index >= 15 is 0 Å². The van der Waals surface area contributed by atoms with E-state index in [1.54, 1.807) is 0 Å². The molecule has 0 radical (unpaired) electrons. The molecule has 0 aliphatic carbocycles. The molecule has 0 fully saturated rings. The smallest absolute Gasteiger partial charge is 0.147 e. The van der Waals surface area contributed by atoms with Crippen molar-refractivity contribution in [2.45, 2.75) is 32.9 Å². The molecule has 1 aliphatic rings. The Hall–Kier alpha value is -1.10. The van der Waals surface area contributed by atoms with Crippen LogP contribution in [-0.2, 0) is 19.5 Å². The molecule has 0 spiro atoms. The number of hydrogen-bond acceptors (Lipinski definition) is 4. The number of anilines is 1. The van der Waals surface area contributed by atoms with E-state index in [0.717, 1.165) is 55.4 Å². The second-order valence-electron chi connectivity index (χ2n) is 5.37. The fourth-order valence-corrected chi connectivity index (χ4v) is 3.84. The van der Waals surface area contributed by atoms with Gasteiger partial charge in [0, 0.05) is 30.7 Å². The molecule has 21 heavy (non-hydrogen) atoms. The van der Waals surface area contributed by atoms with Crippen molar-refractivity contribution < 1.29 is 0 Å². The average molecular weight is 322 g/mol. The van der Waals surface area contributed by atoms with E-state index in [-0.39, 0.29) is 0 Å². The summed E-state index contributed by atoms with van der Waals surface area (Å²) in [5.74, 6) is 0.910. The number of halogens is 1. The molecule has 5 heteroatoms. The van der Waals surface area contributed by atoms with Crippen molar-refractivity contribution in [1.29, 1.82) is 0 Å². The summed E-state index contributed by atoms with van der Waals surface area (Å²) in [7, 11) is 0. The third kappa shape index (κ3) is 3.39. The van der Waals surface area contributed by atoms with Gasteiger partial charge in [0.05, 0.1) is 5.02 Å². The minimum atomic E-state index is 0.754. The lowest BCUT2D eigenvalue weighted by molar-refractivity contribution is 0.672. The number of aromatic nitrogens is 1. The van der Waals surface area contributed by atoms with Gasteiger partial charge in [0.25, 0.3) is 0 Å². The SMILES string of the molecule is CCCNCc1cnc(N2CCc3sccc3C2)c(Cl)c1. The molecular formula is C16H20ClN3S. The molecular weight excluding hydrogens is 302 g/mol. The Balaban J connectivity index is 1.71. The second-order valence-corrected chi connectivity index (χ2v) is 6.77. The number of hydrogen-bond donors (Lipinski definition) is 1. The van der Waals surface area contributed by atoms with Crippen LogP contribution in [0.3, 0.4) is 0 Å². The van der Waals surface area contributed by atoms with Gasteiger partial charge in [-0.15, -0.1) is 11.3 Å². The Kier molecular flexibility index (Phi) is 4.78. The lowest BCUT2D eigenvalue weighted by Gasteiger charge is -2.28. The molecule has 0 unspecified atom stereocenters. The van der Waals surface area contributed by atoms with Crippen molar-refractivity contribution in [3.63, 3.8) is 0 Å². The van der Waals surface area contributed by atoms with Crippen molar-refractivity contribution in [3.05, 3.63) is 44.7 Å². The maximum Gasteiger partial charge on any atom is 0.147 e. The highest BCUT2D eigenvalue weighted by Gasteiger charge is 2.20. The molecule has 0 aromatic carbocycles. The highest BCUT2D eigenvalue weighted by Crippen LogP contribution is 2.30. The van der Waals surface area contributed by atoms with E-state index in [4.69, 9.17) is 11.6 Å². The molecule has 3 heterocycles. The molecule has 0 amide bonds. The highest BCUT2D eigenvalue weighted by atomic mass is 35.5. The van der Waals surface area contributed by atoms with E-state index in [1.165, 1.54) is 10.4 Å². The summed E-state index contributed by atoms with van der Waals surface area (Å²) in [4.78, 5) is 8.38. The molecule has 2 aromatic rings. The maximum atomic E-state index is 6.45. The van der Waals surface area contributed by atoms with Crippen LogP contribution in [0.15, 0.2) is 23.7 Å². The first kappa shape index (κ1) is 14.8. The fourth-order valence-electron chi connectivity index (χ4n) is 2.64. The predicted octanol–water partition coefficient (Wildman–Crippen LogP) is 3.86. The lowest BCUT2D eigenvalue weighted by atomic mass is 10.1. The van der Waals surface area contributed by atoms with E-state index in [9.17, 15) is 0 Å². The summed E-state index contributed by atoms with van der Waals surface area (Å²) >= 11 is 8.30. The van der Waals surface area contributed by atoms with Crippen LogP contribution in [0.5, 0.6) is 0 Å². The van der Waals surface area contributed by atoms with E-state index in [0.29, 0.717) is 0 Å². The van der Waals surface area contributed by atoms with Gasteiger partial charge in [-0.05, 0) is 48.0 Å². The second kappa shape index (κ2) is 6.77. The normalized spacial score (nSPS) is 14.3. The zero-order valence-corrected chi connectivity index (χ0v) is 13.8. The quantitative estimate of drug-likeness (QED) is 0.848. The van der Waals surface area contributed by atoms with Gasteiger partial charge in [0.15, 0.2) is 0 Å². The van der Waals surface area contributed by atoms with Gasteiger partial charge in [-0.3, -0.25) is 0 Å². The fraction of sp³-hybridized carbons (Fsp3) is 0.438. The van der Waals surface area contributed by atoms with Crippen LogP contribution in [0.4, 0.5) is 5.82 Å². The average Bonchev–Trinajstić information content (AvgIpc) is 2.95. The van der Waals surface area contributed by atoms with Gasteiger partial charge < -0.3 is 10.2 Å². The topological polar surface area (TPSA) is 28.2 Å². The van der Waals surface area contributed by atoms with Crippen LogP contribution in [0.1, 0.15) is 29.3 Å². The number of rotatable bonds is 5. The molecule has 3 nitrogen and oxygen atoms in total. The van der Waals surface area contributed by atoms with Crippen LogP contribution < -0.4 is 10.2 Å². The lowest BCUT2D eigenvalue weighted by Crippen LogP contribution is -2.30. The highest BCUT2D eigenvalue weighted by molar-refractivity contribution is 7.10. The number of pyridine rings is 1. The first-order valence-corrected chi connectivity index (χ1v) is 8.69. The minimum Gasteiger partial charge on any atom is -0.351 e. The van der Waals surface area contributed by atoms with Crippen LogP contribution >= 0.6 is 22.9 Å². The van der Waals surface area contributed by atoms with E-state index < -0.39 is 0 Å². The summed E-state index contributed by atoms with van der Waals surface area (Å²) < 4.78 is 0. The maximum absolute atomic E-state index is 6.45. The molecule has 0 atom stereocenters. The summed E-state index contributed by atoms with van der Waals surface area (Å²) in [6.07, 6.45) is 4.16. The number of nitrogens with zero attached hydrogens (tertiary/aromatic N) is 2. The molecule has 3 rings (SSSR count). The molecule has 1 aliphatic heterocycles. The zero-order valence-electron chi connectivity index (χ0n) is 12.2. The predicted molar refractivity (Wildman–Crippen MR) is 90.3 cm³/mol. The first-order chi connectivity index (χ1) is 10.3. The zero-order chi connectivity index (χ0) is 14.7. The van der Waals surface area contributed by atoms with Gasteiger partial charge in [0.1, 0.15) is 5.82 Å². The third-order valence-electron chi connectivity index (χ3n) is 3.74. The van der Waals surface area contributed by atoms with Crippen LogP contribution in [-0.4, -0.2) is 18.1 Å². The van der Waals surface area contributed by atoms with Gasteiger partial charge in [0.2, 0.25) is 0 Å². The van der Waals surface area contributed by atoms with Crippen LogP contribution in [0.25, 0.3) is 0 Å². The summed E-state index contributed by atoms with van der Waals surface area (Å²) in [6, 6.07) is 4.25. The Bertz CT molecular complexity index is 611. The van der Waals surface area contributed by atoms with Gasteiger partial charge >= 0.3 is 0 Å². The Labute approximate surface area is 135 Å². The monoisotopic (exact) mass is 321 g/mol. The molecule has 0 bridgehead atoms. The summed E-state index contributed by atoms with van der Waals surface area (Å²) in [6.45, 7) is 5.92. The van der Waals surface area contributed by atoms with Gasteiger partial charge in [-0.1, -0.05) is 18.5 Å². The Morgan fingerprint density at radius 3 is 3.19 bits per heavy atom. The Morgan fingerprint density at radius 2 is 2.38 bits per heavy atom. The number of nitrogens with one attached hydrogen (secondary N) is 1. The van der Waals surface area contributed by atoms with Crippen LogP contribution in [0.2, 0.25) is 5.02 Å². The van der Waals surface area contributed by atoms with Gasteiger partial charge in [-0.25, -0.2) is 4.98 Å². The number of thiophene rings is 1. The van der Waals surface area contributed by atoms with Crippen molar-refractivity contribution in [2.75, 3.05) is 18.0 Å². The standard InChI is InChI=1S/C16H20ClN3S/c1-2-5-18-9-12-8-14(17)16(19-10-12)20-6-3-15-13(11-20)4-7-21-15/h4,7-8,10,18H,2-3,5-6,9,11H2,1H3. The van der Waals surface area contributed by atoms with Crippen molar-refractivity contribution >= 4 is 28.8 Å². The first-order valence-electron chi connectivity index (χ1n) is 7.43. The van der Waals surface area contributed by atoms with Crippen molar-refractivity contribution in [2.24, 2.45) is 0 Å². The molecule has 0 saturated carbocycles. The third-order valence-corrected chi connectivity index (χ3v) is 5.04. The largest absolute Gasteiger partial charge is 0.351 e. The summed E-state index contributed by atoms with van der Waals surface area (Å²) in [5, 5.41) is 6.30. The van der Waals surface area contributed by atoms with Crippen LogP contribution in [0, 0.1) is 0 Å². The molecule has 1 N–H and O–H groups in total. The van der Waals surface area contributed by atoms with E-state index in [1.807, 2.05) is 23.6 Å². The molecule has 0 saturated heterocycles. The van der Waals surface area contributed by atoms with Crippen molar-refractivity contribution in [1.82, 2.24) is 10.3 Å².